The van der Waals surface area contributed by atoms with Gasteiger partial charge in [-0.05, 0) is 45.1 Å². The van der Waals surface area contributed by atoms with Gasteiger partial charge in [0, 0.05) is 29.1 Å². The third kappa shape index (κ3) is 5.58. The fourth-order valence-corrected chi connectivity index (χ4v) is 1.93. The summed E-state index contributed by atoms with van der Waals surface area (Å²) in [4.78, 5) is 16.9. The number of hydrogen-bond donors (Lipinski definition) is 2. The van der Waals surface area contributed by atoms with Crippen molar-refractivity contribution >= 4 is 23.5 Å². The molecule has 0 radical (unpaired) electrons. The largest absolute Gasteiger partial charge is 0.370 e. The Morgan fingerprint density at radius 2 is 2.05 bits per heavy atom. The molecule has 1 amide bonds. The highest BCUT2D eigenvalue weighted by molar-refractivity contribution is 7.99. The minimum Gasteiger partial charge on any atom is -0.370 e. The quantitative estimate of drug-likeness (QED) is 0.809. The van der Waals surface area contributed by atoms with Crippen molar-refractivity contribution in [2.45, 2.75) is 45.3 Å². The number of hydrogen-bond acceptors (Lipinski definition) is 4. The second-order valence-corrected chi connectivity index (χ2v) is 7.51. The fraction of sp³-hybridized carbons (Fsp3) is 0.625. The van der Waals surface area contributed by atoms with Crippen molar-refractivity contribution < 1.29 is 4.79 Å². The summed E-state index contributed by atoms with van der Waals surface area (Å²) < 4.78 is 0.0358. The number of aromatic nitrogens is 1. The van der Waals surface area contributed by atoms with Crippen LogP contribution in [0.15, 0.2) is 12.1 Å². The summed E-state index contributed by atoms with van der Waals surface area (Å²) >= 11 is 1.74. The average Bonchev–Trinajstić information content (AvgIpc) is 2.44. The first-order valence-electron chi connectivity index (χ1n) is 7.38. The normalized spacial score (nSPS) is 11.6. The molecular weight excluding hydrogens is 282 g/mol. The third-order valence-electron chi connectivity index (χ3n) is 3.28. The lowest BCUT2D eigenvalue weighted by Crippen LogP contribution is -2.36. The molecule has 1 rings (SSSR count). The molecule has 0 spiro atoms. The predicted octanol–water partition coefficient (Wildman–Crippen LogP) is 3.51. The molecule has 0 aromatic carbocycles. The van der Waals surface area contributed by atoms with Gasteiger partial charge in [-0.1, -0.05) is 13.8 Å². The smallest absolute Gasteiger partial charge is 0.251 e. The van der Waals surface area contributed by atoms with E-state index in [9.17, 15) is 4.79 Å². The molecule has 0 aliphatic heterocycles. The maximum Gasteiger partial charge on any atom is 0.251 e. The van der Waals surface area contributed by atoms with Gasteiger partial charge < -0.3 is 10.6 Å². The van der Waals surface area contributed by atoms with Crippen molar-refractivity contribution in [3.8, 4) is 0 Å². The zero-order chi connectivity index (χ0) is 16.0. The maximum atomic E-state index is 12.4. The van der Waals surface area contributed by atoms with Gasteiger partial charge in [0.1, 0.15) is 5.82 Å². The Hall–Kier alpha value is -1.23. The molecule has 0 unspecified atom stereocenters. The molecule has 0 saturated carbocycles. The molecule has 0 atom stereocenters. The average molecular weight is 309 g/mol. The molecule has 118 valence electrons. The summed E-state index contributed by atoms with van der Waals surface area (Å²) in [5.41, 5.74) is 1.60. The van der Waals surface area contributed by atoms with Crippen molar-refractivity contribution in [3.63, 3.8) is 0 Å². The van der Waals surface area contributed by atoms with Crippen LogP contribution in [0.3, 0.4) is 0 Å². The van der Waals surface area contributed by atoms with Crippen molar-refractivity contribution in [2.24, 2.45) is 0 Å². The van der Waals surface area contributed by atoms with E-state index in [-0.39, 0.29) is 16.6 Å². The summed E-state index contributed by atoms with van der Waals surface area (Å²) in [6.07, 6.45) is 2.05. The molecule has 5 heteroatoms. The summed E-state index contributed by atoms with van der Waals surface area (Å²) in [5.74, 6) is 1.01. The highest BCUT2D eigenvalue weighted by Gasteiger charge is 2.18. The van der Waals surface area contributed by atoms with Crippen molar-refractivity contribution in [1.82, 2.24) is 10.3 Å². The van der Waals surface area contributed by atoms with E-state index in [0.717, 1.165) is 18.1 Å². The van der Waals surface area contributed by atoms with Crippen molar-refractivity contribution in [3.05, 3.63) is 23.4 Å². The topological polar surface area (TPSA) is 54.0 Å². The molecule has 1 aromatic heterocycles. The highest BCUT2D eigenvalue weighted by atomic mass is 32.2. The predicted molar refractivity (Wildman–Crippen MR) is 92.4 cm³/mol. The Labute approximate surface area is 132 Å². The first-order valence-corrected chi connectivity index (χ1v) is 8.60. The molecule has 21 heavy (non-hydrogen) atoms. The van der Waals surface area contributed by atoms with Gasteiger partial charge in [-0.25, -0.2) is 4.98 Å². The monoisotopic (exact) mass is 309 g/mol. The lowest BCUT2D eigenvalue weighted by molar-refractivity contribution is 0.0950. The van der Waals surface area contributed by atoms with Crippen LogP contribution in [0.4, 0.5) is 5.82 Å². The van der Waals surface area contributed by atoms with E-state index >= 15 is 0 Å². The molecule has 2 N–H and O–H groups in total. The Morgan fingerprint density at radius 1 is 1.38 bits per heavy atom. The standard InChI is InChI=1S/C16H27N3OS/c1-7-17-14-9-12(8-13(19-14)11(2)3)15(20)18-10-16(4,5)21-6/h8-9,11H,7,10H2,1-6H3,(H,17,19)(H,18,20). The van der Waals surface area contributed by atoms with Crippen molar-refractivity contribution in [2.75, 3.05) is 24.7 Å². The Kier molecular flexibility index (Phi) is 6.52. The van der Waals surface area contributed by atoms with E-state index in [1.165, 1.54) is 0 Å². The van der Waals surface area contributed by atoms with Gasteiger partial charge in [-0.3, -0.25) is 4.79 Å². The van der Waals surface area contributed by atoms with Crippen LogP contribution in [0.5, 0.6) is 0 Å². The van der Waals surface area contributed by atoms with Gasteiger partial charge in [0.05, 0.1) is 0 Å². The van der Waals surface area contributed by atoms with E-state index in [1.54, 1.807) is 11.8 Å². The van der Waals surface area contributed by atoms with E-state index in [4.69, 9.17) is 0 Å². The van der Waals surface area contributed by atoms with Gasteiger partial charge in [0.25, 0.3) is 5.91 Å². The van der Waals surface area contributed by atoms with Crippen LogP contribution in [0.1, 0.15) is 56.6 Å². The molecule has 0 saturated heterocycles. The van der Waals surface area contributed by atoms with Crippen LogP contribution in [-0.4, -0.2) is 35.0 Å². The zero-order valence-electron chi connectivity index (χ0n) is 13.9. The van der Waals surface area contributed by atoms with Crippen LogP contribution >= 0.6 is 11.8 Å². The molecule has 0 bridgehead atoms. The van der Waals surface area contributed by atoms with Crippen LogP contribution in [0.25, 0.3) is 0 Å². The van der Waals surface area contributed by atoms with Gasteiger partial charge in [0.15, 0.2) is 0 Å². The summed E-state index contributed by atoms with van der Waals surface area (Å²) in [5, 5.41) is 6.20. The number of carbonyl (C=O) groups is 1. The Morgan fingerprint density at radius 3 is 2.57 bits per heavy atom. The molecular formula is C16H27N3OS. The molecule has 1 heterocycles. The number of nitrogens with zero attached hydrogens (tertiary/aromatic N) is 1. The number of anilines is 1. The van der Waals surface area contributed by atoms with Gasteiger partial charge in [-0.2, -0.15) is 11.8 Å². The minimum absolute atomic E-state index is 0.0358. The summed E-state index contributed by atoms with van der Waals surface area (Å²) in [6, 6.07) is 3.70. The maximum absolute atomic E-state index is 12.4. The first-order chi connectivity index (χ1) is 9.79. The van der Waals surface area contributed by atoms with Crippen LogP contribution in [0.2, 0.25) is 0 Å². The molecule has 0 aliphatic carbocycles. The van der Waals surface area contributed by atoms with E-state index < -0.39 is 0 Å². The van der Waals surface area contributed by atoms with Gasteiger partial charge in [-0.15, -0.1) is 0 Å². The first kappa shape index (κ1) is 17.8. The zero-order valence-corrected chi connectivity index (χ0v) is 14.7. The van der Waals surface area contributed by atoms with E-state index in [1.807, 2.05) is 19.1 Å². The van der Waals surface area contributed by atoms with Gasteiger partial charge >= 0.3 is 0 Å². The number of amides is 1. The van der Waals surface area contributed by atoms with Crippen LogP contribution < -0.4 is 10.6 Å². The number of carbonyl (C=O) groups excluding carboxylic acids is 1. The van der Waals surface area contributed by atoms with E-state index in [2.05, 4.69) is 49.6 Å². The lowest BCUT2D eigenvalue weighted by Gasteiger charge is -2.22. The number of thioether (sulfide) groups is 1. The van der Waals surface area contributed by atoms with Crippen LogP contribution in [0, 0.1) is 0 Å². The molecule has 1 aromatic rings. The summed E-state index contributed by atoms with van der Waals surface area (Å²) in [7, 11) is 0. The fourth-order valence-electron chi connectivity index (χ4n) is 1.72. The van der Waals surface area contributed by atoms with Gasteiger partial charge in [0.2, 0.25) is 0 Å². The highest BCUT2D eigenvalue weighted by Crippen LogP contribution is 2.21. The minimum atomic E-state index is -0.0411. The van der Waals surface area contributed by atoms with Crippen LogP contribution in [-0.2, 0) is 0 Å². The van der Waals surface area contributed by atoms with Crippen molar-refractivity contribution in [1.29, 1.82) is 0 Å². The number of rotatable bonds is 7. The Bertz CT molecular complexity index is 486. The van der Waals surface area contributed by atoms with E-state index in [0.29, 0.717) is 12.1 Å². The lowest BCUT2D eigenvalue weighted by atomic mass is 10.1. The Balaban J connectivity index is 2.92. The molecule has 0 aliphatic rings. The second-order valence-electron chi connectivity index (χ2n) is 6.00. The number of pyridine rings is 1. The molecule has 0 fully saturated rings. The SMILES string of the molecule is CCNc1cc(C(=O)NCC(C)(C)SC)cc(C(C)C)n1. The number of nitrogens with one attached hydrogen (secondary N) is 2. The molecule has 4 nitrogen and oxygen atoms in total. The second kappa shape index (κ2) is 7.69. The summed E-state index contributed by atoms with van der Waals surface area (Å²) in [6.45, 7) is 11.8. The third-order valence-corrected chi connectivity index (χ3v) is 4.53.